The number of carbonyl (C=O) groups is 2. The molecule has 0 aromatic heterocycles. The first-order valence-electron chi connectivity index (χ1n) is 8.62. The molecule has 3 rings (SSSR count). The third kappa shape index (κ3) is 3.73. The van der Waals surface area contributed by atoms with Crippen molar-refractivity contribution in [3.05, 3.63) is 65.2 Å². The largest absolute Gasteiger partial charge is 0.341 e. The molecule has 0 spiro atoms. The summed E-state index contributed by atoms with van der Waals surface area (Å²) in [4.78, 5) is 28.7. The molecule has 0 bridgehead atoms. The van der Waals surface area contributed by atoms with Crippen LogP contribution in [0.25, 0.3) is 0 Å². The SMILES string of the molecule is Cc1ccc(N2CC(C(=O)N(C)Cc3ccccc3)CC2=O)c(C)c1. The van der Waals surface area contributed by atoms with Gasteiger partial charge in [-0.25, -0.2) is 0 Å². The number of anilines is 1. The van der Waals surface area contributed by atoms with Gasteiger partial charge in [0, 0.05) is 32.2 Å². The summed E-state index contributed by atoms with van der Waals surface area (Å²) in [5.74, 6) is -0.218. The number of amides is 2. The topological polar surface area (TPSA) is 40.6 Å². The van der Waals surface area contributed by atoms with E-state index in [0.29, 0.717) is 13.1 Å². The van der Waals surface area contributed by atoms with Crippen LogP contribution < -0.4 is 4.90 Å². The van der Waals surface area contributed by atoms with Crippen molar-refractivity contribution in [3.63, 3.8) is 0 Å². The Labute approximate surface area is 149 Å². The number of carbonyl (C=O) groups excluding carboxylic acids is 2. The molecule has 1 saturated heterocycles. The molecule has 1 atom stereocenters. The molecular formula is C21H24N2O2. The lowest BCUT2D eigenvalue weighted by molar-refractivity contribution is -0.135. The van der Waals surface area contributed by atoms with E-state index in [9.17, 15) is 9.59 Å². The lowest BCUT2D eigenvalue weighted by Gasteiger charge is -2.22. The van der Waals surface area contributed by atoms with Crippen LogP contribution in [0, 0.1) is 19.8 Å². The fourth-order valence-electron chi connectivity index (χ4n) is 3.46. The maximum Gasteiger partial charge on any atom is 0.228 e. The third-order valence-corrected chi connectivity index (χ3v) is 4.76. The fraction of sp³-hybridized carbons (Fsp3) is 0.333. The summed E-state index contributed by atoms with van der Waals surface area (Å²) in [6, 6.07) is 16.0. The Morgan fingerprint density at radius 2 is 1.88 bits per heavy atom. The van der Waals surface area contributed by atoms with Crippen molar-refractivity contribution < 1.29 is 9.59 Å². The Morgan fingerprint density at radius 3 is 2.56 bits per heavy atom. The standard InChI is InChI=1S/C21H24N2O2/c1-15-9-10-19(16(2)11-15)23-14-18(12-20(23)24)21(25)22(3)13-17-7-5-4-6-8-17/h4-11,18H,12-14H2,1-3H3. The van der Waals surface area contributed by atoms with Gasteiger partial charge < -0.3 is 9.80 Å². The van der Waals surface area contributed by atoms with Crippen molar-refractivity contribution in [2.75, 3.05) is 18.5 Å². The summed E-state index contributed by atoms with van der Waals surface area (Å²) in [5, 5.41) is 0. The van der Waals surface area contributed by atoms with Crippen molar-refractivity contribution in [1.82, 2.24) is 4.90 Å². The lowest BCUT2D eigenvalue weighted by Crippen LogP contribution is -2.34. The predicted molar refractivity (Wildman–Crippen MR) is 99.3 cm³/mol. The van der Waals surface area contributed by atoms with Crippen LogP contribution in [0.5, 0.6) is 0 Å². The van der Waals surface area contributed by atoms with Gasteiger partial charge >= 0.3 is 0 Å². The van der Waals surface area contributed by atoms with E-state index in [4.69, 9.17) is 0 Å². The van der Waals surface area contributed by atoms with Gasteiger partial charge in [-0.2, -0.15) is 0 Å². The second kappa shape index (κ2) is 7.09. The van der Waals surface area contributed by atoms with E-state index in [0.717, 1.165) is 16.8 Å². The van der Waals surface area contributed by atoms with Crippen LogP contribution in [0.4, 0.5) is 5.69 Å². The summed E-state index contributed by atoms with van der Waals surface area (Å²) in [5.41, 5.74) is 4.24. The van der Waals surface area contributed by atoms with E-state index in [1.165, 1.54) is 5.56 Å². The third-order valence-electron chi connectivity index (χ3n) is 4.76. The molecule has 2 amide bonds. The molecule has 1 heterocycles. The van der Waals surface area contributed by atoms with Gasteiger partial charge in [-0.3, -0.25) is 9.59 Å². The lowest BCUT2D eigenvalue weighted by atomic mass is 10.1. The first kappa shape index (κ1) is 17.2. The highest BCUT2D eigenvalue weighted by Gasteiger charge is 2.36. The summed E-state index contributed by atoms with van der Waals surface area (Å²) in [7, 11) is 1.81. The Hall–Kier alpha value is -2.62. The minimum absolute atomic E-state index is 0.0263. The summed E-state index contributed by atoms with van der Waals surface area (Å²) in [6.07, 6.45) is 0.283. The fourth-order valence-corrected chi connectivity index (χ4v) is 3.46. The van der Waals surface area contributed by atoms with Crippen molar-refractivity contribution >= 4 is 17.5 Å². The van der Waals surface area contributed by atoms with Gasteiger partial charge in [-0.15, -0.1) is 0 Å². The molecule has 0 radical (unpaired) electrons. The molecule has 4 heteroatoms. The van der Waals surface area contributed by atoms with Crippen LogP contribution in [0.15, 0.2) is 48.5 Å². The normalized spacial score (nSPS) is 17.0. The van der Waals surface area contributed by atoms with Gasteiger partial charge in [0.25, 0.3) is 0 Å². The van der Waals surface area contributed by atoms with Gasteiger partial charge in [0.15, 0.2) is 0 Å². The van der Waals surface area contributed by atoms with Crippen LogP contribution in [0.1, 0.15) is 23.1 Å². The second-order valence-corrected chi connectivity index (χ2v) is 6.88. The zero-order chi connectivity index (χ0) is 18.0. The minimum Gasteiger partial charge on any atom is -0.341 e. The quantitative estimate of drug-likeness (QED) is 0.859. The van der Waals surface area contributed by atoms with Gasteiger partial charge in [-0.05, 0) is 31.0 Å². The van der Waals surface area contributed by atoms with Crippen molar-refractivity contribution in [2.24, 2.45) is 5.92 Å². The molecule has 1 aliphatic rings. The number of hydrogen-bond donors (Lipinski definition) is 0. The Morgan fingerprint density at radius 1 is 1.16 bits per heavy atom. The molecular weight excluding hydrogens is 312 g/mol. The number of nitrogens with zero attached hydrogens (tertiary/aromatic N) is 2. The van der Waals surface area contributed by atoms with E-state index in [-0.39, 0.29) is 24.2 Å². The summed E-state index contributed by atoms with van der Waals surface area (Å²) >= 11 is 0. The molecule has 1 fully saturated rings. The van der Waals surface area contributed by atoms with Crippen LogP contribution in [-0.2, 0) is 16.1 Å². The predicted octanol–water partition coefficient (Wildman–Crippen LogP) is 3.31. The van der Waals surface area contributed by atoms with Gasteiger partial charge in [0.05, 0.1) is 5.92 Å². The molecule has 25 heavy (non-hydrogen) atoms. The smallest absolute Gasteiger partial charge is 0.228 e. The second-order valence-electron chi connectivity index (χ2n) is 6.88. The molecule has 0 N–H and O–H groups in total. The van der Waals surface area contributed by atoms with Crippen LogP contribution in [-0.4, -0.2) is 30.3 Å². The highest BCUT2D eigenvalue weighted by Crippen LogP contribution is 2.29. The molecule has 130 valence electrons. The first-order chi connectivity index (χ1) is 12.0. The van der Waals surface area contributed by atoms with Crippen LogP contribution in [0.2, 0.25) is 0 Å². The molecule has 1 aliphatic heterocycles. The Balaban J connectivity index is 1.70. The maximum absolute atomic E-state index is 12.8. The summed E-state index contributed by atoms with van der Waals surface area (Å²) in [6.45, 7) is 5.06. The zero-order valence-electron chi connectivity index (χ0n) is 15.0. The highest BCUT2D eigenvalue weighted by molar-refractivity contribution is 6.00. The molecule has 0 aliphatic carbocycles. The van der Waals surface area contributed by atoms with E-state index in [1.807, 2.05) is 56.3 Å². The maximum atomic E-state index is 12.8. The van der Waals surface area contributed by atoms with E-state index >= 15 is 0 Å². The first-order valence-corrected chi connectivity index (χ1v) is 8.62. The number of hydrogen-bond acceptors (Lipinski definition) is 2. The highest BCUT2D eigenvalue weighted by atomic mass is 16.2. The van der Waals surface area contributed by atoms with Crippen molar-refractivity contribution in [2.45, 2.75) is 26.8 Å². The van der Waals surface area contributed by atoms with E-state index < -0.39 is 0 Å². The summed E-state index contributed by atoms with van der Waals surface area (Å²) < 4.78 is 0. The van der Waals surface area contributed by atoms with E-state index in [1.54, 1.807) is 16.8 Å². The van der Waals surface area contributed by atoms with Gasteiger partial charge in [-0.1, -0.05) is 48.0 Å². The molecule has 4 nitrogen and oxygen atoms in total. The number of aryl methyl sites for hydroxylation is 2. The van der Waals surface area contributed by atoms with Gasteiger partial charge in [0.1, 0.15) is 0 Å². The molecule has 0 saturated carbocycles. The van der Waals surface area contributed by atoms with Crippen molar-refractivity contribution in [3.8, 4) is 0 Å². The number of benzene rings is 2. The van der Waals surface area contributed by atoms with Crippen LogP contribution in [0.3, 0.4) is 0 Å². The van der Waals surface area contributed by atoms with Gasteiger partial charge in [0.2, 0.25) is 11.8 Å². The monoisotopic (exact) mass is 336 g/mol. The molecule has 1 unspecified atom stereocenters. The minimum atomic E-state index is -0.276. The zero-order valence-corrected chi connectivity index (χ0v) is 15.0. The Kier molecular flexibility index (Phi) is 4.88. The molecule has 2 aromatic carbocycles. The van der Waals surface area contributed by atoms with E-state index in [2.05, 4.69) is 6.07 Å². The van der Waals surface area contributed by atoms with Crippen LogP contribution >= 0.6 is 0 Å². The average Bonchev–Trinajstić information content (AvgIpc) is 2.96. The van der Waals surface area contributed by atoms with Crippen molar-refractivity contribution in [1.29, 1.82) is 0 Å². The number of rotatable bonds is 4. The average molecular weight is 336 g/mol. The molecule has 2 aromatic rings. The Bertz CT molecular complexity index is 786.